The van der Waals surface area contributed by atoms with E-state index in [1.807, 2.05) is 17.9 Å². The Morgan fingerprint density at radius 2 is 1.96 bits per heavy atom. The summed E-state index contributed by atoms with van der Waals surface area (Å²) in [5.74, 6) is 0.583. The van der Waals surface area contributed by atoms with Gasteiger partial charge < -0.3 is 14.7 Å². The van der Waals surface area contributed by atoms with Gasteiger partial charge in [-0.05, 0) is 69.9 Å². The highest BCUT2D eigenvalue weighted by atomic mass is 16.5. The molecule has 25 heavy (non-hydrogen) atoms. The van der Waals surface area contributed by atoms with E-state index < -0.39 is 0 Å². The largest absolute Gasteiger partial charge is 0.393 e. The van der Waals surface area contributed by atoms with E-state index in [2.05, 4.69) is 16.2 Å². The summed E-state index contributed by atoms with van der Waals surface area (Å²) in [4.78, 5) is 2.67. The van der Waals surface area contributed by atoms with Crippen LogP contribution in [0.5, 0.6) is 0 Å². The molecule has 0 aromatic carbocycles. The zero-order valence-corrected chi connectivity index (χ0v) is 15.6. The number of aromatic nitrogens is 2. The molecule has 0 unspecified atom stereocenters. The lowest BCUT2D eigenvalue weighted by atomic mass is 9.67. The van der Waals surface area contributed by atoms with Crippen molar-refractivity contribution in [2.75, 3.05) is 26.2 Å². The SMILES string of the molecule is Cn1cc([C@@H]2OCCC[C@H]2CN2CCC3(CCC(O)CC3)CC2)cn1. The number of hydrogen-bond donors (Lipinski definition) is 1. The van der Waals surface area contributed by atoms with Gasteiger partial charge in [0.2, 0.25) is 0 Å². The second-order valence-electron chi connectivity index (χ2n) is 8.67. The molecule has 0 amide bonds. The van der Waals surface area contributed by atoms with Crippen LogP contribution in [0, 0.1) is 11.3 Å². The molecule has 1 aromatic rings. The fourth-order valence-corrected chi connectivity index (χ4v) is 5.24. The second kappa shape index (κ2) is 7.37. The van der Waals surface area contributed by atoms with E-state index in [9.17, 15) is 5.11 Å². The van der Waals surface area contributed by atoms with Crippen LogP contribution in [-0.2, 0) is 11.8 Å². The van der Waals surface area contributed by atoms with Crippen molar-refractivity contribution in [1.29, 1.82) is 0 Å². The fraction of sp³-hybridized carbons (Fsp3) is 0.850. The van der Waals surface area contributed by atoms with Crippen LogP contribution in [0.15, 0.2) is 12.4 Å². The van der Waals surface area contributed by atoms with E-state index >= 15 is 0 Å². The second-order valence-corrected chi connectivity index (χ2v) is 8.67. The molecule has 1 spiro atoms. The first kappa shape index (κ1) is 17.5. The summed E-state index contributed by atoms with van der Waals surface area (Å²) in [5, 5.41) is 14.1. The molecule has 2 atom stereocenters. The number of ether oxygens (including phenoxy) is 1. The Kier molecular flexibility index (Phi) is 5.16. The number of nitrogens with zero attached hydrogens (tertiary/aromatic N) is 3. The molecule has 140 valence electrons. The van der Waals surface area contributed by atoms with Crippen LogP contribution in [0.1, 0.15) is 63.0 Å². The molecule has 1 aliphatic carbocycles. The predicted molar refractivity (Wildman–Crippen MR) is 97.2 cm³/mol. The minimum atomic E-state index is -0.0386. The summed E-state index contributed by atoms with van der Waals surface area (Å²) >= 11 is 0. The van der Waals surface area contributed by atoms with Gasteiger partial charge in [0.1, 0.15) is 0 Å². The molecule has 1 aromatic heterocycles. The molecule has 1 N–H and O–H groups in total. The van der Waals surface area contributed by atoms with Gasteiger partial charge in [0.25, 0.3) is 0 Å². The number of piperidine rings is 1. The van der Waals surface area contributed by atoms with Gasteiger partial charge in [-0.3, -0.25) is 4.68 Å². The summed E-state index contributed by atoms with van der Waals surface area (Å²) < 4.78 is 8.03. The van der Waals surface area contributed by atoms with Crippen molar-refractivity contribution < 1.29 is 9.84 Å². The molecule has 3 aliphatic rings. The smallest absolute Gasteiger partial charge is 0.0895 e. The molecule has 0 bridgehead atoms. The maximum Gasteiger partial charge on any atom is 0.0895 e. The van der Waals surface area contributed by atoms with E-state index in [4.69, 9.17) is 4.74 Å². The maximum absolute atomic E-state index is 9.80. The molecular weight excluding hydrogens is 314 g/mol. The highest BCUT2D eigenvalue weighted by Gasteiger charge is 2.39. The summed E-state index contributed by atoms with van der Waals surface area (Å²) in [5.41, 5.74) is 1.77. The Balaban J connectivity index is 1.34. The van der Waals surface area contributed by atoms with Gasteiger partial charge in [0, 0.05) is 37.9 Å². The molecule has 4 rings (SSSR count). The molecule has 5 nitrogen and oxygen atoms in total. The molecule has 5 heteroatoms. The Bertz CT molecular complexity index is 555. The molecule has 3 heterocycles. The minimum Gasteiger partial charge on any atom is -0.393 e. The van der Waals surface area contributed by atoms with Gasteiger partial charge in [-0.25, -0.2) is 0 Å². The highest BCUT2D eigenvalue weighted by molar-refractivity contribution is 5.10. The summed E-state index contributed by atoms with van der Waals surface area (Å²) in [7, 11) is 1.98. The Morgan fingerprint density at radius 1 is 1.20 bits per heavy atom. The molecule has 2 aliphatic heterocycles. The van der Waals surface area contributed by atoms with Gasteiger partial charge in [-0.15, -0.1) is 0 Å². The van der Waals surface area contributed by atoms with Crippen molar-refractivity contribution in [3.63, 3.8) is 0 Å². The van der Waals surface area contributed by atoms with Crippen LogP contribution in [0.25, 0.3) is 0 Å². The number of rotatable bonds is 3. The van der Waals surface area contributed by atoms with Crippen molar-refractivity contribution in [2.45, 2.75) is 63.6 Å². The lowest BCUT2D eigenvalue weighted by molar-refractivity contribution is -0.0483. The molecule has 0 radical (unpaired) electrons. The van der Waals surface area contributed by atoms with Gasteiger partial charge in [-0.2, -0.15) is 5.10 Å². The first-order valence-electron chi connectivity index (χ1n) is 10.1. The lowest BCUT2D eigenvalue weighted by Gasteiger charge is -2.46. The van der Waals surface area contributed by atoms with Crippen molar-refractivity contribution >= 4 is 0 Å². The van der Waals surface area contributed by atoms with E-state index in [1.54, 1.807) is 0 Å². The van der Waals surface area contributed by atoms with Crippen molar-refractivity contribution in [2.24, 2.45) is 18.4 Å². The lowest BCUT2D eigenvalue weighted by Crippen LogP contribution is -2.45. The molecular formula is C20H33N3O2. The third-order valence-electron chi connectivity index (χ3n) is 6.92. The van der Waals surface area contributed by atoms with E-state index in [0.717, 1.165) is 26.0 Å². The summed E-state index contributed by atoms with van der Waals surface area (Å²) in [6, 6.07) is 0. The zero-order chi connectivity index (χ0) is 17.3. The van der Waals surface area contributed by atoms with Gasteiger partial charge in [-0.1, -0.05) is 0 Å². The quantitative estimate of drug-likeness (QED) is 0.913. The van der Waals surface area contributed by atoms with Crippen LogP contribution in [0.2, 0.25) is 0 Å². The Labute approximate surface area is 151 Å². The Hall–Kier alpha value is -0.910. The van der Waals surface area contributed by atoms with Crippen LogP contribution in [0.3, 0.4) is 0 Å². The third kappa shape index (κ3) is 3.93. The van der Waals surface area contributed by atoms with E-state index in [0.29, 0.717) is 11.3 Å². The van der Waals surface area contributed by atoms with Crippen LogP contribution in [-0.4, -0.2) is 52.1 Å². The third-order valence-corrected chi connectivity index (χ3v) is 6.92. The van der Waals surface area contributed by atoms with Crippen LogP contribution < -0.4 is 0 Å². The fourth-order valence-electron chi connectivity index (χ4n) is 5.24. The van der Waals surface area contributed by atoms with Crippen molar-refractivity contribution in [3.8, 4) is 0 Å². The average Bonchev–Trinajstić information content (AvgIpc) is 3.07. The van der Waals surface area contributed by atoms with Crippen LogP contribution >= 0.6 is 0 Å². The molecule has 2 saturated heterocycles. The number of aryl methyl sites for hydroxylation is 1. The van der Waals surface area contributed by atoms with Gasteiger partial charge >= 0.3 is 0 Å². The van der Waals surface area contributed by atoms with Crippen molar-refractivity contribution in [1.82, 2.24) is 14.7 Å². The number of likely N-dealkylation sites (tertiary alicyclic amines) is 1. The maximum atomic E-state index is 9.80. The van der Waals surface area contributed by atoms with Crippen LogP contribution in [0.4, 0.5) is 0 Å². The highest BCUT2D eigenvalue weighted by Crippen LogP contribution is 2.45. The molecule has 3 fully saturated rings. The zero-order valence-electron chi connectivity index (χ0n) is 15.6. The summed E-state index contributed by atoms with van der Waals surface area (Å²) in [6.45, 7) is 4.46. The van der Waals surface area contributed by atoms with Gasteiger partial charge in [0.05, 0.1) is 18.4 Å². The van der Waals surface area contributed by atoms with Crippen molar-refractivity contribution in [3.05, 3.63) is 18.0 Å². The monoisotopic (exact) mass is 347 g/mol. The first-order valence-corrected chi connectivity index (χ1v) is 10.1. The predicted octanol–water partition coefficient (Wildman–Crippen LogP) is 2.90. The topological polar surface area (TPSA) is 50.5 Å². The number of hydrogen-bond acceptors (Lipinski definition) is 4. The standard InChI is InChI=1S/C20H33N3O2/c1-22-14-17(13-21-22)19-16(3-2-12-25-19)15-23-10-8-20(9-11-23)6-4-18(24)5-7-20/h13-14,16,18-19,24H,2-12,15H2,1H3/t16-,19+/m0/s1. The molecule has 1 saturated carbocycles. The van der Waals surface area contributed by atoms with E-state index in [-0.39, 0.29) is 12.2 Å². The number of aliphatic hydroxyl groups is 1. The first-order chi connectivity index (χ1) is 12.1. The van der Waals surface area contributed by atoms with Gasteiger partial charge in [0.15, 0.2) is 0 Å². The normalized spacial score (nSPS) is 31.4. The Morgan fingerprint density at radius 3 is 2.64 bits per heavy atom. The minimum absolute atomic E-state index is 0.0386. The average molecular weight is 348 g/mol. The summed E-state index contributed by atoms with van der Waals surface area (Å²) in [6.07, 6.45) is 13.8. The van der Waals surface area contributed by atoms with E-state index in [1.165, 1.54) is 57.2 Å². The number of aliphatic hydroxyl groups excluding tert-OH is 1.